The molecule has 0 radical (unpaired) electrons. The summed E-state index contributed by atoms with van der Waals surface area (Å²) in [6, 6.07) is 2.05. The predicted molar refractivity (Wildman–Crippen MR) is 70.7 cm³/mol. The van der Waals surface area contributed by atoms with Crippen molar-refractivity contribution in [3.8, 4) is 0 Å². The van der Waals surface area contributed by atoms with Gasteiger partial charge in [-0.3, -0.25) is 4.98 Å². The highest BCUT2D eigenvalue weighted by Crippen LogP contribution is 2.09. The summed E-state index contributed by atoms with van der Waals surface area (Å²) < 4.78 is 0. The number of nitrogens with zero attached hydrogens (tertiary/aromatic N) is 1. The lowest BCUT2D eigenvalue weighted by Crippen LogP contribution is -2.46. The largest absolute Gasteiger partial charge is 0.480 e. The zero-order valence-corrected chi connectivity index (χ0v) is 11.1. The number of urea groups is 1. The van der Waals surface area contributed by atoms with Crippen LogP contribution in [0.2, 0.25) is 0 Å². The van der Waals surface area contributed by atoms with Crippen LogP contribution in [0.1, 0.15) is 38.3 Å². The van der Waals surface area contributed by atoms with Crippen LogP contribution in [0.4, 0.5) is 4.79 Å². The second-order valence-corrected chi connectivity index (χ2v) is 4.31. The Labute approximate surface area is 112 Å². The van der Waals surface area contributed by atoms with Gasteiger partial charge in [0, 0.05) is 12.4 Å². The predicted octanol–water partition coefficient (Wildman–Crippen LogP) is 1.70. The van der Waals surface area contributed by atoms with Gasteiger partial charge in [0.15, 0.2) is 0 Å². The fourth-order valence-corrected chi connectivity index (χ4v) is 1.66. The Morgan fingerprint density at radius 2 is 2.16 bits per heavy atom. The topological polar surface area (TPSA) is 91.3 Å². The van der Waals surface area contributed by atoms with Crippen molar-refractivity contribution < 1.29 is 14.7 Å². The van der Waals surface area contributed by atoms with Crippen molar-refractivity contribution in [3.63, 3.8) is 0 Å². The lowest BCUT2D eigenvalue weighted by molar-refractivity contribution is -0.139. The van der Waals surface area contributed by atoms with Crippen LogP contribution in [0.5, 0.6) is 0 Å². The van der Waals surface area contributed by atoms with E-state index >= 15 is 0 Å². The summed E-state index contributed by atoms with van der Waals surface area (Å²) >= 11 is 0. The van der Waals surface area contributed by atoms with E-state index in [9.17, 15) is 9.59 Å². The van der Waals surface area contributed by atoms with E-state index in [-0.39, 0.29) is 6.04 Å². The number of rotatable bonds is 6. The number of hydrogen-bond donors (Lipinski definition) is 3. The molecule has 104 valence electrons. The molecule has 19 heavy (non-hydrogen) atoms. The Morgan fingerprint density at radius 1 is 1.42 bits per heavy atom. The van der Waals surface area contributed by atoms with Gasteiger partial charge >= 0.3 is 12.0 Å². The minimum Gasteiger partial charge on any atom is -0.480 e. The summed E-state index contributed by atoms with van der Waals surface area (Å²) in [7, 11) is 0. The van der Waals surface area contributed by atoms with Crippen LogP contribution in [0.15, 0.2) is 24.5 Å². The highest BCUT2D eigenvalue weighted by Gasteiger charge is 2.19. The quantitative estimate of drug-likeness (QED) is 0.730. The fourth-order valence-electron chi connectivity index (χ4n) is 1.66. The van der Waals surface area contributed by atoms with Gasteiger partial charge in [-0.1, -0.05) is 19.4 Å². The van der Waals surface area contributed by atoms with Gasteiger partial charge in [0.2, 0.25) is 0 Å². The molecule has 0 aliphatic rings. The third kappa shape index (κ3) is 4.95. The molecule has 0 saturated carbocycles. The molecular formula is C13H19N3O3. The molecule has 0 aliphatic heterocycles. The van der Waals surface area contributed by atoms with Crippen LogP contribution in [-0.4, -0.2) is 28.1 Å². The van der Waals surface area contributed by atoms with Crippen molar-refractivity contribution in [2.75, 3.05) is 0 Å². The standard InChI is InChI=1S/C13H19N3O3/c1-3-5-11(12(17)18)16-13(19)15-9(2)10-6-4-7-14-8-10/h4,6-9,11H,3,5H2,1-2H3,(H,17,18)(H2,15,16,19). The molecule has 3 N–H and O–H groups in total. The summed E-state index contributed by atoms with van der Waals surface area (Å²) in [5.41, 5.74) is 0.861. The average molecular weight is 265 g/mol. The number of aliphatic carboxylic acids is 1. The first kappa shape index (κ1) is 14.9. The van der Waals surface area contributed by atoms with E-state index in [0.717, 1.165) is 5.56 Å². The SMILES string of the molecule is CCCC(NC(=O)NC(C)c1cccnc1)C(=O)O. The van der Waals surface area contributed by atoms with Crippen LogP contribution in [-0.2, 0) is 4.79 Å². The number of aromatic nitrogens is 1. The molecule has 0 saturated heterocycles. The van der Waals surface area contributed by atoms with Gasteiger partial charge in [0.25, 0.3) is 0 Å². The van der Waals surface area contributed by atoms with E-state index in [1.165, 1.54) is 0 Å². The van der Waals surface area contributed by atoms with Gasteiger partial charge < -0.3 is 15.7 Å². The number of hydrogen-bond acceptors (Lipinski definition) is 3. The molecule has 2 unspecified atom stereocenters. The van der Waals surface area contributed by atoms with Crippen molar-refractivity contribution in [1.82, 2.24) is 15.6 Å². The van der Waals surface area contributed by atoms with Crippen molar-refractivity contribution in [2.24, 2.45) is 0 Å². The number of carbonyl (C=O) groups is 2. The van der Waals surface area contributed by atoms with E-state index in [2.05, 4.69) is 15.6 Å². The summed E-state index contributed by atoms with van der Waals surface area (Å²) in [5, 5.41) is 14.1. The summed E-state index contributed by atoms with van der Waals surface area (Å²) in [6.45, 7) is 3.68. The van der Waals surface area contributed by atoms with Gasteiger partial charge in [-0.05, 0) is 25.0 Å². The molecule has 1 aromatic rings. The fraction of sp³-hybridized carbons (Fsp3) is 0.462. The molecule has 6 heteroatoms. The van der Waals surface area contributed by atoms with Gasteiger partial charge in [0.1, 0.15) is 6.04 Å². The molecule has 0 bridgehead atoms. The molecule has 0 aromatic carbocycles. The number of carboxylic acids is 1. The van der Waals surface area contributed by atoms with Gasteiger partial charge in [-0.25, -0.2) is 9.59 Å². The third-order valence-electron chi connectivity index (χ3n) is 2.71. The zero-order chi connectivity index (χ0) is 14.3. The van der Waals surface area contributed by atoms with Crippen LogP contribution >= 0.6 is 0 Å². The Morgan fingerprint density at radius 3 is 2.68 bits per heavy atom. The van der Waals surface area contributed by atoms with Crippen molar-refractivity contribution in [1.29, 1.82) is 0 Å². The maximum absolute atomic E-state index is 11.7. The number of carboxylic acid groups (broad SMARTS) is 1. The molecular weight excluding hydrogens is 246 g/mol. The van der Waals surface area contributed by atoms with E-state index < -0.39 is 18.0 Å². The van der Waals surface area contributed by atoms with Crippen molar-refractivity contribution in [2.45, 2.75) is 38.8 Å². The van der Waals surface area contributed by atoms with E-state index in [0.29, 0.717) is 12.8 Å². The number of amides is 2. The highest BCUT2D eigenvalue weighted by atomic mass is 16.4. The minimum absolute atomic E-state index is 0.232. The van der Waals surface area contributed by atoms with Crippen molar-refractivity contribution in [3.05, 3.63) is 30.1 Å². The van der Waals surface area contributed by atoms with E-state index in [4.69, 9.17) is 5.11 Å². The maximum Gasteiger partial charge on any atom is 0.326 e. The molecule has 0 spiro atoms. The van der Waals surface area contributed by atoms with E-state index in [1.807, 2.05) is 19.9 Å². The van der Waals surface area contributed by atoms with Crippen LogP contribution in [0.25, 0.3) is 0 Å². The average Bonchev–Trinajstić information content (AvgIpc) is 2.39. The van der Waals surface area contributed by atoms with Gasteiger partial charge in [-0.15, -0.1) is 0 Å². The van der Waals surface area contributed by atoms with Gasteiger partial charge in [0.05, 0.1) is 6.04 Å². The van der Waals surface area contributed by atoms with Crippen LogP contribution < -0.4 is 10.6 Å². The van der Waals surface area contributed by atoms with Gasteiger partial charge in [-0.2, -0.15) is 0 Å². The second-order valence-electron chi connectivity index (χ2n) is 4.31. The zero-order valence-electron chi connectivity index (χ0n) is 11.1. The first-order valence-corrected chi connectivity index (χ1v) is 6.24. The lowest BCUT2D eigenvalue weighted by Gasteiger charge is -2.18. The lowest BCUT2D eigenvalue weighted by atomic mass is 10.1. The molecule has 1 aromatic heterocycles. The molecule has 1 heterocycles. The molecule has 2 atom stereocenters. The number of carbonyl (C=O) groups excluding carboxylic acids is 1. The Kier molecular flexibility index (Phi) is 5.78. The number of pyridine rings is 1. The highest BCUT2D eigenvalue weighted by molar-refractivity contribution is 5.82. The van der Waals surface area contributed by atoms with Crippen LogP contribution in [0.3, 0.4) is 0 Å². The molecule has 2 amide bonds. The first-order valence-electron chi connectivity index (χ1n) is 6.24. The first-order chi connectivity index (χ1) is 9.04. The monoisotopic (exact) mass is 265 g/mol. The Hall–Kier alpha value is -2.11. The second kappa shape index (κ2) is 7.35. The summed E-state index contributed by atoms with van der Waals surface area (Å²) in [6.07, 6.45) is 4.41. The Balaban J connectivity index is 2.52. The minimum atomic E-state index is -1.02. The molecule has 0 aliphatic carbocycles. The third-order valence-corrected chi connectivity index (χ3v) is 2.71. The Bertz CT molecular complexity index is 422. The summed E-state index contributed by atoms with van der Waals surface area (Å²) in [4.78, 5) is 26.6. The molecule has 6 nitrogen and oxygen atoms in total. The smallest absolute Gasteiger partial charge is 0.326 e. The normalized spacial score (nSPS) is 13.4. The molecule has 0 fully saturated rings. The van der Waals surface area contributed by atoms with Crippen molar-refractivity contribution >= 4 is 12.0 Å². The summed E-state index contributed by atoms with van der Waals surface area (Å²) in [5.74, 6) is -1.02. The van der Waals surface area contributed by atoms with E-state index in [1.54, 1.807) is 18.5 Å². The number of nitrogens with one attached hydrogen (secondary N) is 2. The maximum atomic E-state index is 11.7. The van der Waals surface area contributed by atoms with Crippen LogP contribution in [0, 0.1) is 0 Å². The molecule has 1 rings (SSSR count).